The van der Waals surface area contributed by atoms with Crippen LogP contribution in [-0.2, 0) is 4.79 Å². The fraction of sp³-hybridized carbons (Fsp3) is 0.455. The van der Waals surface area contributed by atoms with Crippen LogP contribution in [-0.4, -0.2) is 42.6 Å². The Hall–Kier alpha value is -1.15. The summed E-state index contributed by atoms with van der Waals surface area (Å²) in [6, 6.07) is 1.35. The second kappa shape index (κ2) is 6.85. The van der Waals surface area contributed by atoms with E-state index in [1.807, 2.05) is 0 Å². The zero-order valence-electron chi connectivity index (χ0n) is 10.9. The molecule has 0 saturated carbocycles. The number of nitrogens with one attached hydrogen (secondary N) is 2. The number of halogens is 1. The van der Waals surface area contributed by atoms with Crippen molar-refractivity contribution in [3.05, 3.63) is 20.8 Å². The van der Waals surface area contributed by atoms with E-state index in [-0.39, 0.29) is 28.4 Å². The summed E-state index contributed by atoms with van der Waals surface area (Å²) >= 11 is 7.03. The summed E-state index contributed by atoms with van der Waals surface area (Å²) in [4.78, 5) is 25.6. The van der Waals surface area contributed by atoms with E-state index >= 15 is 0 Å². The van der Waals surface area contributed by atoms with Gasteiger partial charge in [-0.1, -0.05) is 11.6 Å². The first-order valence-corrected chi connectivity index (χ1v) is 6.72. The molecule has 0 saturated heterocycles. The first-order valence-electron chi connectivity index (χ1n) is 5.53. The number of hydrogen-bond donors (Lipinski definition) is 3. The summed E-state index contributed by atoms with van der Waals surface area (Å²) in [7, 11) is 3.60. The van der Waals surface area contributed by atoms with Gasteiger partial charge in [0.1, 0.15) is 4.88 Å². The maximum absolute atomic E-state index is 11.6. The summed E-state index contributed by atoms with van der Waals surface area (Å²) in [6.45, 7) is 2.09. The lowest BCUT2D eigenvalue weighted by Gasteiger charge is -2.14. The molecule has 0 aliphatic carbocycles. The first kappa shape index (κ1) is 15.9. The molecular formula is C11H16ClN3O3S. The lowest BCUT2D eigenvalue weighted by molar-refractivity contribution is -0.122. The van der Waals surface area contributed by atoms with E-state index in [2.05, 4.69) is 5.32 Å². The average molecular weight is 306 g/mol. The largest absolute Gasteiger partial charge is 0.348 e. The first-order chi connectivity index (χ1) is 8.85. The Kier molecular flexibility index (Phi) is 5.74. The summed E-state index contributed by atoms with van der Waals surface area (Å²) in [5.41, 5.74) is 1.53. The highest BCUT2D eigenvalue weighted by Crippen LogP contribution is 2.30. The number of rotatable bonds is 5. The Labute approximate surface area is 120 Å². The van der Waals surface area contributed by atoms with Gasteiger partial charge in [0.05, 0.1) is 17.6 Å². The molecule has 0 aromatic carbocycles. The maximum Gasteiger partial charge on any atom is 0.286 e. The molecule has 1 atom stereocenters. The van der Waals surface area contributed by atoms with Gasteiger partial charge in [0, 0.05) is 4.88 Å². The predicted octanol–water partition coefficient (Wildman–Crippen LogP) is 1.26. The molecule has 1 aromatic rings. The minimum atomic E-state index is -0.659. The maximum atomic E-state index is 11.6. The molecule has 8 heteroatoms. The molecule has 0 spiro atoms. The van der Waals surface area contributed by atoms with Crippen molar-refractivity contribution in [3.8, 4) is 0 Å². The second-order valence-electron chi connectivity index (χ2n) is 4.29. The minimum absolute atomic E-state index is 0.116. The van der Waals surface area contributed by atoms with Crippen LogP contribution >= 0.6 is 22.9 Å². The highest BCUT2D eigenvalue weighted by Gasteiger charge is 2.18. The van der Waals surface area contributed by atoms with Gasteiger partial charge in [-0.05, 0) is 27.1 Å². The van der Waals surface area contributed by atoms with E-state index in [1.165, 1.54) is 5.48 Å². The van der Waals surface area contributed by atoms with E-state index in [4.69, 9.17) is 16.8 Å². The number of nitrogens with zero attached hydrogens (tertiary/aromatic N) is 1. The van der Waals surface area contributed by atoms with Crippen molar-refractivity contribution < 1.29 is 14.8 Å². The predicted molar refractivity (Wildman–Crippen MR) is 73.7 cm³/mol. The van der Waals surface area contributed by atoms with Crippen molar-refractivity contribution in [1.82, 2.24) is 15.7 Å². The molecular weight excluding hydrogens is 290 g/mol. The van der Waals surface area contributed by atoms with Crippen LogP contribution in [0.3, 0.4) is 0 Å². The highest BCUT2D eigenvalue weighted by molar-refractivity contribution is 7.14. The fourth-order valence-electron chi connectivity index (χ4n) is 1.45. The summed E-state index contributed by atoms with van der Waals surface area (Å²) in [6.07, 6.45) is 0. The number of hydrogen-bond acceptors (Lipinski definition) is 5. The van der Waals surface area contributed by atoms with Crippen LogP contribution in [0.1, 0.15) is 27.5 Å². The zero-order chi connectivity index (χ0) is 14.6. The molecule has 0 radical (unpaired) electrons. The van der Waals surface area contributed by atoms with Gasteiger partial charge in [0.25, 0.3) is 5.91 Å². The van der Waals surface area contributed by atoms with Crippen molar-refractivity contribution >= 4 is 34.8 Å². The molecule has 6 nitrogen and oxygen atoms in total. The number of carbonyl (C=O) groups is 2. The van der Waals surface area contributed by atoms with Crippen LogP contribution in [0.5, 0.6) is 0 Å². The molecule has 19 heavy (non-hydrogen) atoms. The van der Waals surface area contributed by atoms with Gasteiger partial charge in [-0.25, -0.2) is 5.48 Å². The second-order valence-corrected chi connectivity index (χ2v) is 5.78. The van der Waals surface area contributed by atoms with Gasteiger partial charge >= 0.3 is 0 Å². The molecule has 2 amide bonds. The lowest BCUT2D eigenvalue weighted by atomic mass is 10.2. The molecule has 0 aliphatic heterocycles. The molecule has 0 aliphatic rings. The van der Waals surface area contributed by atoms with Crippen LogP contribution in [0, 0.1) is 0 Å². The third kappa shape index (κ3) is 4.46. The van der Waals surface area contributed by atoms with Gasteiger partial charge in [-0.2, -0.15) is 0 Å². The Balaban J connectivity index is 2.75. The van der Waals surface area contributed by atoms with Gasteiger partial charge in [-0.3, -0.25) is 14.8 Å². The zero-order valence-corrected chi connectivity index (χ0v) is 12.4. The number of thiophene rings is 1. The van der Waals surface area contributed by atoms with Crippen molar-refractivity contribution in [3.63, 3.8) is 0 Å². The van der Waals surface area contributed by atoms with E-state index < -0.39 is 5.91 Å². The van der Waals surface area contributed by atoms with Gasteiger partial charge in [0.15, 0.2) is 0 Å². The molecule has 0 fully saturated rings. The third-order valence-corrected chi connectivity index (χ3v) is 4.00. The van der Waals surface area contributed by atoms with E-state index in [0.717, 1.165) is 16.2 Å². The topological polar surface area (TPSA) is 81.7 Å². The molecule has 106 valence electrons. The van der Waals surface area contributed by atoms with Crippen LogP contribution in [0.2, 0.25) is 5.02 Å². The van der Waals surface area contributed by atoms with Crippen LogP contribution in [0.25, 0.3) is 0 Å². The molecule has 0 bridgehead atoms. The Morgan fingerprint density at radius 2 is 2.16 bits per heavy atom. The smallest absolute Gasteiger partial charge is 0.286 e. The van der Waals surface area contributed by atoms with Crippen molar-refractivity contribution in [2.45, 2.75) is 13.0 Å². The van der Waals surface area contributed by atoms with Gasteiger partial charge < -0.3 is 10.2 Å². The average Bonchev–Trinajstić information content (AvgIpc) is 2.69. The molecule has 0 unspecified atom stereocenters. The Morgan fingerprint density at radius 3 is 2.68 bits per heavy atom. The van der Waals surface area contributed by atoms with Crippen LogP contribution in [0.4, 0.5) is 0 Å². The fourth-order valence-corrected chi connectivity index (χ4v) is 2.78. The third-order valence-electron chi connectivity index (χ3n) is 2.28. The molecule has 1 aromatic heterocycles. The summed E-state index contributed by atoms with van der Waals surface area (Å²) in [5, 5.41) is 11.6. The van der Waals surface area contributed by atoms with Crippen molar-refractivity contribution in [1.29, 1.82) is 0 Å². The van der Waals surface area contributed by atoms with Crippen LogP contribution < -0.4 is 10.8 Å². The summed E-state index contributed by atoms with van der Waals surface area (Å²) < 4.78 is 0. The number of hydroxylamine groups is 1. The number of carbonyl (C=O) groups excluding carboxylic acids is 2. The van der Waals surface area contributed by atoms with E-state index in [9.17, 15) is 9.59 Å². The number of amides is 2. The van der Waals surface area contributed by atoms with Crippen molar-refractivity contribution in [2.24, 2.45) is 0 Å². The van der Waals surface area contributed by atoms with E-state index in [1.54, 1.807) is 32.0 Å². The summed E-state index contributed by atoms with van der Waals surface area (Å²) in [5.74, 6) is -0.775. The lowest BCUT2D eigenvalue weighted by Crippen LogP contribution is -2.34. The quantitative estimate of drug-likeness (QED) is 0.565. The Bertz CT molecular complexity index is 476. The van der Waals surface area contributed by atoms with E-state index in [0.29, 0.717) is 0 Å². The molecule has 3 N–H and O–H groups in total. The number of likely N-dealkylation sites (N-methyl/N-ethyl adjacent to an activating group) is 1. The SMILES string of the molecule is C[C@H](NC(=O)CN(C)C)c1cc(Cl)c(C(=O)NO)s1. The van der Waals surface area contributed by atoms with Gasteiger partial charge in [-0.15, -0.1) is 11.3 Å². The van der Waals surface area contributed by atoms with Gasteiger partial charge in [0.2, 0.25) is 5.91 Å². The molecule has 1 rings (SSSR count). The Morgan fingerprint density at radius 1 is 1.53 bits per heavy atom. The standard InChI is InChI=1S/C11H16ClN3O3S/c1-6(13-9(16)5-15(2)3)8-4-7(12)10(19-8)11(17)14-18/h4,6,18H,5H2,1-3H3,(H,13,16)(H,14,17)/t6-/m0/s1. The van der Waals surface area contributed by atoms with Crippen LogP contribution in [0.15, 0.2) is 6.07 Å². The minimum Gasteiger partial charge on any atom is -0.348 e. The highest BCUT2D eigenvalue weighted by atomic mass is 35.5. The monoisotopic (exact) mass is 305 g/mol. The normalized spacial score (nSPS) is 12.3. The van der Waals surface area contributed by atoms with Crippen molar-refractivity contribution in [2.75, 3.05) is 20.6 Å². The molecule has 1 heterocycles.